The van der Waals surface area contributed by atoms with Crippen LogP contribution in [-0.2, 0) is 28.6 Å². The molecule has 6 nitrogen and oxygen atoms in total. The predicted molar refractivity (Wildman–Crippen MR) is 343 cm³/mol. The largest absolute Gasteiger partial charge is 0.462 e. The number of hydrogen-bond acceptors (Lipinski definition) is 6. The molecule has 0 aromatic heterocycles. The average Bonchev–Trinajstić information content (AvgIpc) is 3.45. The summed E-state index contributed by atoms with van der Waals surface area (Å²) in [5.41, 5.74) is 0. The van der Waals surface area contributed by atoms with Gasteiger partial charge >= 0.3 is 17.9 Å². The van der Waals surface area contributed by atoms with Crippen LogP contribution in [-0.4, -0.2) is 37.2 Å². The molecule has 0 rings (SSSR count). The molecule has 0 aromatic carbocycles. The molecule has 1 unspecified atom stereocenters. The van der Waals surface area contributed by atoms with Crippen LogP contribution in [0.2, 0.25) is 0 Å². The van der Waals surface area contributed by atoms with Gasteiger partial charge in [-0.2, -0.15) is 0 Å². The van der Waals surface area contributed by atoms with Crippen molar-refractivity contribution in [3.63, 3.8) is 0 Å². The summed E-state index contributed by atoms with van der Waals surface area (Å²) in [6.07, 6.45) is 90.9. The molecule has 0 N–H and O–H groups in total. The number of ether oxygens (including phenoxy) is 3. The lowest BCUT2D eigenvalue weighted by Crippen LogP contribution is -2.30. The SMILES string of the molecule is CC/C=C\C/C=C\C/C=C\C/C=C\C/C=C\CCCCCCCC(=O)OC(COC(=O)CCCCCCCCC/C=C\CCCCCCCC)COC(=O)CCCCCCCCCC/C=C\C/C=C\C/C=C\CCCCCCC. The van der Waals surface area contributed by atoms with Crippen molar-refractivity contribution in [1.29, 1.82) is 0 Å². The molecule has 0 saturated carbocycles. The monoisotopic (exact) mass is 1100 g/mol. The molecule has 0 aromatic rings. The maximum atomic E-state index is 12.9. The molecular formula is C73H124O6. The molecule has 0 spiro atoms. The highest BCUT2D eigenvalue weighted by Crippen LogP contribution is 2.15. The molecule has 0 aliphatic rings. The van der Waals surface area contributed by atoms with E-state index in [1.165, 1.54) is 148 Å². The second-order valence-corrected chi connectivity index (χ2v) is 22.0. The van der Waals surface area contributed by atoms with Crippen molar-refractivity contribution in [1.82, 2.24) is 0 Å². The quantitative estimate of drug-likeness (QED) is 0.0261. The van der Waals surface area contributed by atoms with Gasteiger partial charge in [0.2, 0.25) is 0 Å². The Labute approximate surface area is 489 Å². The average molecular weight is 1100 g/mol. The van der Waals surface area contributed by atoms with Gasteiger partial charge in [0.15, 0.2) is 6.10 Å². The maximum absolute atomic E-state index is 12.9. The molecule has 6 heteroatoms. The van der Waals surface area contributed by atoms with Crippen molar-refractivity contribution in [3.8, 4) is 0 Å². The lowest BCUT2D eigenvalue weighted by Gasteiger charge is -2.18. The highest BCUT2D eigenvalue weighted by Gasteiger charge is 2.19. The van der Waals surface area contributed by atoms with E-state index in [9.17, 15) is 14.4 Å². The summed E-state index contributed by atoms with van der Waals surface area (Å²) in [6.45, 7) is 6.51. The summed E-state index contributed by atoms with van der Waals surface area (Å²) in [5.74, 6) is -0.912. The van der Waals surface area contributed by atoms with Crippen LogP contribution in [0.5, 0.6) is 0 Å². The van der Waals surface area contributed by atoms with E-state index in [2.05, 4.69) is 130 Å². The Bertz CT molecular complexity index is 1590. The summed E-state index contributed by atoms with van der Waals surface area (Å²) in [4.78, 5) is 38.4. The molecule has 0 saturated heterocycles. The zero-order valence-electron chi connectivity index (χ0n) is 51.9. The summed E-state index contributed by atoms with van der Waals surface area (Å²) in [6, 6.07) is 0. The van der Waals surface area contributed by atoms with Gasteiger partial charge in [-0.05, 0) is 128 Å². The Balaban J connectivity index is 4.44. The number of esters is 3. The van der Waals surface area contributed by atoms with E-state index in [1.54, 1.807) is 0 Å². The van der Waals surface area contributed by atoms with E-state index in [4.69, 9.17) is 14.2 Å². The van der Waals surface area contributed by atoms with Crippen LogP contribution in [0.15, 0.2) is 109 Å². The van der Waals surface area contributed by atoms with Gasteiger partial charge in [-0.3, -0.25) is 14.4 Å². The minimum Gasteiger partial charge on any atom is -0.462 e. The molecule has 452 valence electrons. The van der Waals surface area contributed by atoms with Gasteiger partial charge in [-0.15, -0.1) is 0 Å². The van der Waals surface area contributed by atoms with E-state index in [-0.39, 0.29) is 31.1 Å². The lowest BCUT2D eigenvalue weighted by atomic mass is 10.1. The smallest absolute Gasteiger partial charge is 0.306 e. The van der Waals surface area contributed by atoms with Crippen LogP contribution in [0.1, 0.15) is 316 Å². The highest BCUT2D eigenvalue weighted by molar-refractivity contribution is 5.71. The van der Waals surface area contributed by atoms with Crippen molar-refractivity contribution >= 4 is 17.9 Å². The molecular weight excluding hydrogens is 973 g/mol. The van der Waals surface area contributed by atoms with E-state index in [1.807, 2.05) is 0 Å². The van der Waals surface area contributed by atoms with Crippen LogP contribution >= 0.6 is 0 Å². The Hall–Kier alpha value is -3.93. The number of rotatable bonds is 60. The third kappa shape index (κ3) is 64.8. The third-order valence-electron chi connectivity index (χ3n) is 14.2. The Morgan fingerprint density at radius 1 is 0.266 bits per heavy atom. The molecule has 1 atom stereocenters. The summed E-state index contributed by atoms with van der Waals surface area (Å²) >= 11 is 0. The first-order valence-electron chi connectivity index (χ1n) is 33.4. The van der Waals surface area contributed by atoms with Gasteiger partial charge in [0.1, 0.15) is 13.2 Å². The lowest BCUT2D eigenvalue weighted by molar-refractivity contribution is -0.167. The van der Waals surface area contributed by atoms with Gasteiger partial charge in [0, 0.05) is 19.3 Å². The van der Waals surface area contributed by atoms with E-state index >= 15 is 0 Å². The second-order valence-electron chi connectivity index (χ2n) is 22.0. The fraction of sp³-hybridized carbons (Fsp3) is 0.712. The maximum Gasteiger partial charge on any atom is 0.306 e. The zero-order chi connectivity index (χ0) is 57.1. The van der Waals surface area contributed by atoms with Crippen LogP contribution < -0.4 is 0 Å². The van der Waals surface area contributed by atoms with Gasteiger partial charge in [-0.25, -0.2) is 0 Å². The molecule has 0 aliphatic carbocycles. The van der Waals surface area contributed by atoms with Crippen molar-refractivity contribution in [3.05, 3.63) is 109 Å². The highest BCUT2D eigenvalue weighted by atomic mass is 16.6. The van der Waals surface area contributed by atoms with Crippen LogP contribution in [0.4, 0.5) is 0 Å². The standard InChI is InChI=1S/C73H124O6/c1-4-7-10-13-16-19-22-25-28-31-33-35-36-38-39-42-45-48-51-54-57-60-63-66-72(75)78-69-70(68-77-71(74)65-62-59-56-53-50-47-44-41-30-27-24-21-18-15-12-9-6-3)79-73(76)67-64-61-58-55-52-49-46-43-40-37-34-32-29-26-23-20-17-14-11-8-5-2/h8,11,17,20,22,25-27,29-31,33-34,36-38,43,46,70H,4-7,9-10,12-16,18-19,21,23-24,28,32,35,39-42,44-45,47-69H2,1-3H3/b11-8-,20-17-,25-22-,29-26-,30-27-,33-31-,37-34-,38-36-,46-43-. The molecule has 0 heterocycles. The van der Waals surface area contributed by atoms with Crippen LogP contribution in [0.25, 0.3) is 0 Å². The van der Waals surface area contributed by atoms with Gasteiger partial charge in [0.05, 0.1) is 0 Å². The Kier molecular flexibility index (Phi) is 63.3. The second kappa shape index (κ2) is 66.6. The van der Waals surface area contributed by atoms with Gasteiger partial charge in [0.25, 0.3) is 0 Å². The van der Waals surface area contributed by atoms with Gasteiger partial charge < -0.3 is 14.2 Å². The van der Waals surface area contributed by atoms with Crippen molar-refractivity contribution in [2.45, 2.75) is 322 Å². The van der Waals surface area contributed by atoms with Crippen molar-refractivity contribution < 1.29 is 28.6 Å². The number of allylic oxidation sites excluding steroid dienone is 18. The first-order chi connectivity index (χ1) is 39.0. The van der Waals surface area contributed by atoms with Crippen LogP contribution in [0.3, 0.4) is 0 Å². The first kappa shape index (κ1) is 75.1. The normalized spacial score (nSPS) is 12.8. The summed E-state index contributed by atoms with van der Waals surface area (Å²) < 4.78 is 16.9. The number of unbranched alkanes of at least 4 members (excludes halogenated alkanes) is 31. The van der Waals surface area contributed by atoms with Crippen molar-refractivity contribution in [2.24, 2.45) is 0 Å². The molecule has 0 radical (unpaired) electrons. The number of carbonyl (C=O) groups excluding carboxylic acids is 3. The van der Waals surface area contributed by atoms with E-state index < -0.39 is 6.10 Å². The third-order valence-corrected chi connectivity index (χ3v) is 14.2. The topological polar surface area (TPSA) is 78.9 Å². The van der Waals surface area contributed by atoms with Gasteiger partial charge in [-0.1, -0.05) is 278 Å². The number of hydrogen-bond donors (Lipinski definition) is 0. The minimum atomic E-state index is -0.798. The molecule has 0 amide bonds. The van der Waals surface area contributed by atoms with Crippen molar-refractivity contribution in [2.75, 3.05) is 13.2 Å². The zero-order valence-corrected chi connectivity index (χ0v) is 51.9. The Morgan fingerprint density at radius 3 is 0.785 bits per heavy atom. The fourth-order valence-corrected chi connectivity index (χ4v) is 9.24. The number of carbonyl (C=O) groups is 3. The fourth-order valence-electron chi connectivity index (χ4n) is 9.24. The van der Waals surface area contributed by atoms with E-state index in [0.29, 0.717) is 19.3 Å². The first-order valence-corrected chi connectivity index (χ1v) is 33.4. The molecule has 0 fully saturated rings. The molecule has 0 bridgehead atoms. The molecule has 0 aliphatic heterocycles. The minimum absolute atomic E-state index is 0.0911. The Morgan fingerprint density at radius 2 is 0.494 bits per heavy atom. The summed E-state index contributed by atoms with van der Waals surface area (Å²) in [5, 5.41) is 0. The van der Waals surface area contributed by atoms with E-state index in [0.717, 1.165) is 128 Å². The molecule has 79 heavy (non-hydrogen) atoms. The summed E-state index contributed by atoms with van der Waals surface area (Å²) in [7, 11) is 0. The predicted octanol–water partition coefficient (Wildman–Crippen LogP) is 23.0. The van der Waals surface area contributed by atoms with Crippen LogP contribution in [0, 0.1) is 0 Å².